The number of hydrogen-bond acceptors (Lipinski definition) is 3. The first-order chi connectivity index (χ1) is 11.1. The molecule has 4 nitrogen and oxygen atoms in total. The zero-order valence-electron chi connectivity index (χ0n) is 13.4. The number of aryl methyl sites for hydroxylation is 2. The fourth-order valence-corrected chi connectivity index (χ4v) is 4.30. The standard InChI is InChI=1S/C18H20N2O2S/c1-11-7-3-4-8-12(11)16(21)20-18-15(17(22)19-2)13-9-5-6-10-14(13)23-18/h3-4,7-8H,5-6,9-10H2,1-2H3,(H,19,22)(H,20,21). The predicted molar refractivity (Wildman–Crippen MR) is 93.5 cm³/mol. The first-order valence-corrected chi connectivity index (χ1v) is 8.67. The SMILES string of the molecule is CNC(=O)c1c(NC(=O)c2ccccc2C)sc2c1CCCC2. The van der Waals surface area contributed by atoms with Crippen LogP contribution < -0.4 is 10.6 Å². The lowest BCUT2D eigenvalue weighted by Gasteiger charge is -2.12. The molecule has 1 aromatic carbocycles. The van der Waals surface area contributed by atoms with Crippen LogP contribution in [-0.4, -0.2) is 18.9 Å². The fourth-order valence-electron chi connectivity index (χ4n) is 3.02. The molecule has 1 aromatic heterocycles. The van der Waals surface area contributed by atoms with Gasteiger partial charge in [-0.15, -0.1) is 11.3 Å². The molecule has 0 radical (unpaired) electrons. The number of hydrogen-bond donors (Lipinski definition) is 2. The molecule has 2 aromatic rings. The van der Waals surface area contributed by atoms with Crippen molar-refractivity contribution in [2.75, 3.05) is 12.4 Å². The zero-order chi connectivity index (χ0) is 16.4. The Balaban J connectivity index is 1.96. The molecule has 120 valence electrons. The Labute approximate surface area is 139 Å². The zero-order valence-corrected chi connectivity index (χ0v) is 14.2. The number of amides is 2. The molecule has 0 saturated carbocycles. The Morgan fingerprint density at radius 3 is 2.57 bits per heavy atom. The van der Waals surface area contributed by atoms with Gasteiger partial charge in [-0.25, -0.2) is 0 Å². The van der Waals surface area contributed by atoms with E-state index in [9.17, 15) is 9.59 Å². The van der Waals surface area contributed by atoms with E-state index >= 15 is 0 Å². The molecule has 1 aliphatic carbocycles. The number of thiophene rings is 1. The van der Waals surface area contributed by atoms with Crippen molar-refractivity contribution in [1.29, 1.82) is 0 Å². The molecular formula is C18H20N2O2S. The molecule has 2 amide bonds. The molecule has 0 spiro atoms. The van der Waals surface area contributed by atoms with Gasteiger partial charge < -0.3 is 10.6 Å². The topological polar surface area (TPSA) is 58.2 Å². The quantitative estimate of drug-likeness (QED) is 0.905. The fraction of sp³-hybridized carbons (Fsp3) is 0.333. The molecule has 3 rings (SSSR count). The van der Waals surface area contributed by atoms with Crippen molar-refractivity contribution in [3.05, 3.63) is 51.4 Å². The maximum atomic E-state index is 12.6. The van der Waals surface area contributed by atoms with Crippen LogP contribution in [-0.2, 0) is 12.8 Å². The van der Waals surface area contributed by atoms with Crippen LogP contribution in [0.15, 0.2) is 24.3 Å². The summed E-state index contributed by atoms with van der Waals surface area (Å²) in [6.45, 7) is 1.91. The van der Waals surface area contributed by atoms with Crippen LogP contribution in [0.3, 0.4) is 0 Å². The molecule has 1 aliphatic rings. The molecule has 1 heterocycles. The van der Waals surface area contributed by atoms with Crippen molar-refractivity contribution >= 4 is 28.2 Å². The number of anilines is 1. The summed E-state index contributed by atoms with van der Waals surface area (Å²) in [5.74, 6) is -0.281. The molecule has 0 unspecified atom stereocenters. The molecule has 0 atom stereocenters. The van der Waals surface area contributed by atoms with Gasteiger partial charge in [-0.2, -0.15) is 0 Å². The summed E-state index contributed by atoms with van der Waals surface area (Å²) >= 11 is 1.54. The summed E-state index contributed by atoms with van der Waals surface area (Å²) in [7, 11) is 1.63. The van der Waals surface area contributed by atoms with Crippen LogP contribution in [0.4, 0.5) is 5.00 Å². The van der Waals surface area contributed by atoms with Gasteiger partial charge in [-0.3, -0.25) is 9.59 Å². The highest BCUT2D eigenvalue weighted by Crippen LogP contribution is 2.38. The van der Waals surface area contributed by atoms with Gasteiger partial charge in [0, 0.05) is 17.5 Å². The Morgan fingerprint density at radius 2 is 1.83 bits per heavy atom. The Hall–Kier alpha value is -2.14. The number of fused-ring (bicyclic) bond motifs is 1. The average molecular weight is 328 g/mol. The lowest BCUT2D eigenvalue weighted by atomic mass is 9.95. The van der Waals surface area contributed by atoms with Crippen LogP contribution in [0.1, 0.15) is 49.6 Å². The number of benzene rings is 1. The van der Waals surface area contributed by atoms with Gasteiger partial charge in [0.1, 0.15) is 5.00 Å². The molecule has 0 saturated heterocycles. The second-order valence-corrected chi connectivity index (χ2v) is 6.87. The van der Waals surface area contributed by atoms with Crippen LogP contribution in [0.25, 0.3) is 0 Å². The highest BCUT2D eigenvalue weighted by atomic mass is 32.1. The van der Waals surface area contributed by atoms with Crippen molar-refractivity contribution in [3.63, 3.8) is 0 Å². The normalized spacial score (nSPS) is 13.3. The molecule has 23 heavy (non-hydrogen) atoms. The summed E-state index contributed by atoms with van der Waals surface area (Å²) < 4.78 is 0. The minimum atomic E-state index is -0.160. The number of rotatable bonds is 3. The summed E-state index contributed by atoms with van der Waals surface area (Å²) in [6, 6.07) is 7.47. The van der Waals surface area contributed by atoms with Gasteiger partial charge >= 0.3 is 0 Å². The molecule has 0 bridgehead atoms. The summed E-state index contributed by atoms with van der Waals surface area (Å²) in [5.41, 5.74) is 3.32. The van der Waals surface area contributed by atoms with E-state index in [1.807, 2.05) is 25.1 Å². The highest BCUT2D eigenvalue weighted by molar-refractivity contribution is 7.17. The monoisotopic (exact) mass is 328 g/mol. The largest absolute Gasteiger partial charge is 0.355 e. The molecule has 2 N–H and O–H groups in total. The van der Waals surface area contributed by atoms with E-state index in [0.29, 0.717) is 16.1 Å². The van der Waals surface area contributed by atoms with E-state index in [-0.39, 0.29) is 11.8 Å². The van der Waals surface area contributed by atoms with Gasteiger partial charge in [0.2, 0.25) is 0 Å². The smallest absolute Gasteiger partial charge is 0.256 e. The second kappa shape index (κ2) is 6.54. The van der Waals surface area contributed by atoms with Gasteiger partial charge in [0.25, 0.3) is 11.8 Å². The Kier molecular flexibility index (Phi) is 4.48. The lowest BCUT2D eigenvalue weighted by Crippen LogP contribution is -2.22. The number of carbonyl (C=O) groups excluding carboxylic acids is 2. The Bertz CT molecular complexity index is 764. The van der Waals surface area contributed by atoms with Gasteiger partial charge in [-0.1, -0.05) is 18.2 Å². The van der Waals surface area contributed by atoms with Crippen LogP contribution >= 0.6 is 11.3 Å². The van der Waals surface area contributed by atoms with Crippen LogP contribution in [0.2, 0.25) is 0 Å². The van der Waals surface area contributed by atoms with E-state index in [0.717, 1.165) is 36.8 Å². The third-order valence-electron chi connectivity index (χ3n) is 4.24. The van der Waals surface area contributed by atoms with Crippen molar-refractivity contribution in [2.24, 2.45) is 0 Å². The van der Waals surface area contributed by atoms with Crippen LogP contribution in [0, 0.1) is 6.92 Å². The van der Waals surface area contributed by atoms with Crippen molar-refractivity contribution in [1.82, 2.24) is 5.32 Å². The number of nitrogens with one attached hydrogen (secondary N) is 2. The van der Waals surface area contributed by atoms with Crippen molar-refractivity contribution < 1.29 is 9.59 Å². The molecule has 0 aliphatic heterocycles. The van der Waals surface area contributed by atoms with E-state index in [2.05, 4.69) is 10.6 Å². The maximum Gasteiger partial charge on any atom is 0.256 e. The van der Waals surface area contributed by atoms with Crippen LogP contribution in [0.5, 0.6) is 0 Å². The van der Waals surface area contributed by atoms with E-state index in [1.54, 1.807) is 24.5 Å². The summed E-state index contributed by atoms with van der Waals surface area (Å²) in [5, 5.41) is 6.33. The Morgan fingerprint density at radius 1 is 1.09 bits per heavy atom. The first kappa shape index (κ1) is 15.7. The van der Waals surface area contributed by atoms with E-state index in [1.165, 1.54) is 4.88 Å². The van der Waals surface area contributed by atoms with Crippen molar-refractivity contribution in [3.8, 4) is 0 Å². The summed E-state index contributed by atoms with van der Waals surface area (Å²) in [4.78, 5) is 26.1. The molecule has 5 heteroatoms. The number of carbonyl (C=O) groups is 2. The van der Waals surface area contributed by atoms with Gasteiger partial charge in [-0.05, 0) is 49.8 Å². The molecule has 0 fully saturated rings. The van der Waals surface area contributed by atoms with Gasteiger partial charge in [0.05, 0.1) is 5.56 Å². The highest BCUT2D eigenvalue weighted by Gasteiger charge is 2.26. The third-order valence-corrected chi connectivity index (χ3v) is 5.45. The summed E-state index contributed by atoms with van der Waals surface area (Å²) in [6.07, 6.45) is 4.14. The second-order valence-electron chi connectivity index (χ2n) is 5.76. The average Bonchev–Trinajstić information content (AvgIpc) is 2.92. The predicted octanol–water partition coefficient (Wildman–Crippen LogP) is 3.55. The minimum Gasteiger partial charge on any atom is -0.355 e. The van der Waals surface area contributed by atoms with Crippen molar-refractivity contribution in [2.45, 2.75) is 32.6 Å². The molecular weight excluding hydrogens is 308 g/mol. The third kappa shape index (κ3) is 3.01. The van der Waals surface area contributed by atoms with Gasteiger partial charge in [0.15, 0.2) is 0 Å². The maximum absolute atomic E-state index is 12.6. The van der Waals surface area contributed by atoms with E-state index in [4.69, 9.17) is 0 Å². The lowest BCUT2D eigenvalue weighted by molar-refractivity contribution is 0.0963. The first-order valence-electron chi connectivity index (χ1n) is 7.85. The van der Waals surface area contributed by atoms with E-state index < -0.39 is 0 Å². The minimum absolute atomic E-state index is 0.121.